The van der Waals surface area contributed by atoms with Crippen LogP contribution in [0.3, 0.4) is 0 Å². The van der Waals surface area contributed by atoms with Gasteiger partial charge in [0, 0.05) is 55.1 Å². The van der Waals surface area contributed by atoms with Crippen LogP contribution in [0, 0.1) is 0 Å². The smallest absolute Gasteiger partial charge is 0.252 e. The van der Waals surface area contributed by atoms with Crippen LogP contribution in [0.4, 0.5) is 0 Å². The zero-order valence-electron chi connectivity index (χ0n) is 30.9. The molecule has 0 fully saturated rings. The fourth-order valence-electron chi connectivity index (χ4n) is 10.1. The Bertz CT molecular complexity index is 3270. The van der Waals surface area contributed by atoms with E-state index in [1.807, 2.05) is 0 Å². The first-order valence-electron chi connectivity index (χ1n) is 19.7. The second-order valence-electron chi connectivity index (χ2n) is 15.5. The van der Waals surface area contributed by atoms with Gasteiger partial charge < -0.3 is 9.13 Å². The average molecular weight is 722 g/mol. The molecule has 0 saturated carbocycles. The lowest BCUT2D eigenvalue weighted by Crippen LogP contribution is -2.59. The molecule has 13 rings (SSSR count). The third kappa shape index (κ3) is 4.30. The van der Waals surface area contributed by atoms with Crippen molar-refractivity contribution >= 4 is 66.7 Å². The first-order chi connectivity index (χ1) is 28.3. The summed E-state index contributed by atoms with van der Waals surface area (Å²) in [5.41, 5.74) is 20.5. The van der Waals surface area contributed by atoms with Gasteiger partial charge in [0.25, 0.3) is 6.71 Å². The van der Waals surface area contributed by atoms with Crippen molar-refractivity contribution < 1.29 is 0 Å². The Hall–Kier alpha value is -7.43. The first kappa shape index (κ1) is 30.9. The molecule has 3 nitrogen and oxygen atoms in total. The highest BCUT2D eigenvalue weighted by Crippen LogP contribution is 2.42. The number of para-hydroxylation sites is 2. The fourth-order valence-corrected chi connectivity index (χ4v) is 10.1. The van der Waals surface area contributed by atoms with E-state index in [1.54, 1.807) is 0 Å². The molecule has 0 spiro atoms. The first-order valence-corrected chi connectivity index (χ1v) is 19.7. The predicted molar refractivity (Wildman–Crippen MR) is 239 cm³/mol. The summed E-state index contributed by atoms with van der Waals surface area (Å²) in [6.07, 6.45) is 0. The Morgan fingerprint density at radius 2 is 0.789 bits per heavy atom. The van der Waals surface area contributed by atoms with Crippen LogP contribution in [0.1, 0.15) is 0 Å². The van der Waals surface area contributed by atoms with E-state index in [0.717, 1.165) is 22.5 Å². The van der Waals surface area contributed by atoms with E-state index >= 15 is 0 Å². The maximum atomic E-state index is 5.33. The molecule has 11 aromatic rings. The van der Waals surface area contributed by atoms with Gasteiger partial charge >= 0.3 is 0 Å². The van der Waals surface area contributed by atoms with Crippen LogP contribution in [0.15, 0.2) is 194 Å². The number of hydrogen-bond donors (Lipinski definition) is 0. The molecule has 2 aliphatic rings. The lowest BCUT2D eigenvalue weighted by Gasteiger charge is -2.34. The zero-order valence-corrected chi connectivity index (χ0v) is 30.9. The molecule has 3 aromatic heterocycles. The minimum atomic E-state index is 0.0656. The summed E-state index contributed by atoms with van der Waals surface area (Å²) >= 11 is 0. The molecule has 0 aliphatic carbocycles. The van der Waals surface area contributed by atoms with Crippen LogP contribution in [0.2, 0.25) is 0 Å². The lowest BCUT2D eigenvalue weighted by molar-refractivity contribution is 1.14. The quantitative estimate of drug-likeness (QED) is 0.166. The molecule has 4 heteroatoms. The van der Waals surface area contributed by atoms with Gasteiger partial charge in [0.2, 0.25) is 0 Å². The predicted octanol–water partition coefficient (Wildman–Crippen LogP) is 11.1. The van der Waals surface area contributed by atoms with E-state index in [1.165, 1.54) is 93.6 Å². The number of aromatic nitrogens is 3. The number of nitrogens with zero attached hydrogens (tertiary/aromatic N) is 3. The molecular weight excluding hydrogens is 689 g/mol. The molecule has 0 bridgehead atoms. The molecule has 0 radical (unpaired) electrons. The molecule has 0 N–H and O–H groups in total. The van der Waals surface area contributed by atoms with Crippen molar-refractivity contribution in [3.05, 3.63) is 194 Å². The third-order valence-electron chi connectivity index (χ3n) is 12.5. The van der Waals surface area contributed by atoms with Crippen molar-refractivity contribution in [2.45, 2.75) is 0 Å². The van der Waals surface area contributed by atoms with Crippen LogP contribution in [-0.2, 0) is 0 Å². The molecule has 0 amide bonds. The van der Waals surface area contributed by atoms with Crippen molar-refractivity contribution in [3.63, 3.8) is 0 Å². The maximum absolute atomic E-state index is 5.33. The van der Waals surface area contributed by atoms with Gasteiger partial charge in [-0.3, -0.25) is 0 Å². The topological polar surface area (TPSA) is 22.8 Å². The van der Waals surface area contributed by atoms with Crippen molar-refractivity contribution in [2.75, 3.05) is 0 Å². The Balaban J connectivity index is 1.15. The van der Waals surface area contributed by atoms with Crippen LogP contribution in [-0.4, -0.2) is 20.8 Å². The Morgan fingerprint density at radius 1 is 0.333 bits per heavy atom. The van der Waals surface area contributed by atoms with Crippen molar-refractivity contribution in [2.24, 2.45) is 0 Å². The highest BCUT2D eigenvalue weighted by atomic mass is 15.0. The highest BCUT2D eigenvalue weighted by molar-refractivity contribution is 7.00. The van der Waals surface area contributed by atoms with Gasteiger partial charge in [-0.25, -0.2) is 4.98 Å². The Kier molecular flexibility index (Phi) is 6.25. The van der Waals surface area contributed by atoms with E-state index in [4.69, 9.17) is 4.98 Å². The average Bonchev–Trinajstić information content (AvgIpc) is 3.81. The summed E-state index contributed by atoms with van der Waals surface area (Å²) < 4.78 is 5.11. The van der Waals surface area contributed by atoms with E-state index in [0.29, 0.717) is 0 Å². The summed E-state index contributed by atoms with van der Waals surface area (Å²) in [5.74, 6) is 0. The van der Waals surface area contributed by atoms with Gasteiger partial charge in [-0.05, 0) is 87.2 Å². The number of rotatable bonds is 4. The fraction of sp³-hybridized carbons (Fsp3) is 0. The van der Waals surface area contributed by atoms with E-state index in [-0.39, 0.29) is 6.71 Å². The second-order valence-corrected chi connectivity index (χ2v) is 15.5. The molecule has 8 aromatic carbocycles. The molecular formula is C53H32BN3. The van der Waals surface area contributed by atoms with Crippen molar-refractivity contribution in [1.82, 2.24) is 14.1 Å². The molecule has 0 atom stereocenters. The van der Waals surface area contributed by atoms with Crippen LogP contribution < -0.4 is 16.4 Å². The van der Waals surface area contributed by atoms with E-state index in [2.05, 4.69) is 203 Å². The number of benzene rings is 8. The van der Waals surface area contributed by atoms with Gasteiger partial charge in [0.1, 0.15) is 0 Å². The summed E-state index contributed by atoms with van der Waals surface area (Å²) in [7, 11) is 0. The van der Waals surface area contributed by atoms with Crippen LogP contribution >= 0.6 is 0 Å². The van der Waals surface area contributed by atoms with Gasteiger partial charge in [-0.2, -0.15) is 0 Å². The van der Waals surface area contributed by atoms with Gasteiger partial charge in [-0.1, -0.05) is 146 Å². The molecule has 262 valence electrons. The molecule has 2 aliphatic heterocycles. The highest BCUT2D eigenvalue weighted by Gasteiger charge is 2.41. The minimum Gasteiger partial charge on any atom is -0.310 e. The minimum absolute atomic E-state index is 0.0656. The molecule has 0 unspecified atom stereocenters. The number of pyridine rings is 1. The molecule has 0 saturated heterocycles. The normalized spacial score (nSPS) is 12.5. The largest absolute Gasteiger partial charge is 0.310 e. The zero-order chi connectivity index (χ0) is 37.2. The summed E-state index contributed by atoms with van der Waals surface area (Å²) in [4.78, 5) is 5.33. The standard InChI is InChI=1S/C53H32BN3/c1-4-13-33(14-5-1)36-25-27-47-41(29-36)39-19-10-21-43-52(39)56(47)49-31-38(46-24-12-23-45(55-46)35-17-8-3-9-18-35)32-50-51(49)54(43)44-22-11-20-40-42-30-37(34-15-6-2-7-16-34)26-28-48(42)57(50)53(40)44/h1-32H. The van der Waals surface area contributed by atoms with Gasteiger partial charge in [-0.15, -0.1) is 0 Å². The summed E-state index contributed by atoms with van der Waals surface area (Å²) in [6, 6.07) is 71.2. The third-order valence-corrected chi connectivity index (χ3v) is 12.5. The Morgan fingerprint density at radius 3 is 1.30 bits per heavy atom. The van der Waals surface area contributed by atoms with E-state index < -0.39 is 0 Å². The number of hydrogen-bond acceptors (Lipinski definition) is 1. The summed E-state index contributed by atoms with van der Waals surface area (Å²) in [6.45, 7) is 0.0656. The Labute approximate surface area is 329 Å². The lowest BCUT2D eigenvalue weighted by atomic mass is 9.34. The molecule has 57 heavy (non-hydrogen) atoms. The van der Waals surface area contributed by atoms with Crippen LogP contribution in [0.25, 0.3) is 99.8 Å². The van der Waals surface area contributed by atoms with Gasteiger partial charge in [0.05, 0.1) is 22.4 Å². The SMILES string of the molecule is c1ccc(-c2ccc3c(c2)c2cccc4c2n3-c2cc(-c3cccc(-c5ccccc5)n3)cc3c2B4c2cccc4c5cc(-c6ccccc6)ccc5n-3c24)cc1. The summed E-state index contributed by atoms with van der Waals surface area (Å²) in [5, 5.41) is 5.11. The van der Waals surface area contributed by atoms with E-state index in [9.17, 15) is 0 Å². The van der Waals surface area contributed by atoms with Crippen LogP contribution in [0.5, 0.6) is 0 Å². The maximum Gasteiger partial charge on any atom is 0.252 e. The number of fused-ring (bicyclic) bond motifs is 10. The van der Waals surface area contributed by atoms with Gasteiger partial charge in [0.15, 0.2) is 0 Å². The monoisotopic (exact) mass is 721 g/mol. The second kappa shape index (κ2) is 11.5. The van der Waals surface area contributed by atoms with Crippen molar-refractivity contribution in [3.8, 4) is 56.1 Å². The molecule has 5 heterocycles. The van der Waals surface area contributed by atoms with Crippen molar-refractivity contribution in [1.29, 1.82) is 0 Å².